The molecule has 0 aromatic carbocycles. The fourth-order valence-corrected chi connectivity index (χ4v) is 2.90. The van der Waals surface area contributed by atoms with E-state index in [4.69, 9.17) is 0 Å². The van der Waals surface area contributed by atoms with Crippen LogP contribution in [0, 0.1) is 11.7 Å². The summed E-state index contributed by atoms with van der Waals surface area (Å²) in [5.74, 6) is 0.984. The van der Waals surface area contributed by atoms with Crippen molar-refractivity contribution in [3.63, 3.8) is 0 Å². The molecular weight excluding hydrogens is 265 g/mol. The number of nitrogens with one attached hydrogen (secondary N) is 1. The summed E-state index contributed by atoms with van der Waals surface area (Å²) in [7, 11) is 1.95. The zero-order valence-electron chi connectivity index (χ0n) is 13.7. The molecule has 3 nitrogen and oxygen atoms in total. The number of hydrogen-bond donors (Lipinski definition) is 1. The van der Waals surface area contributed by atoms with Crippen LogP contribution in [0.25, 0.3) is 0 Å². The summed E-state index contributed by atoms with van der Waals surface area (Å²) >= 11 is 0. The minimum Gasteiger partial charge on any atom is -0.357 e. The van der Waals surface area contributed by atoms with Gasteiger partial charge in [0.1, 0.15) is 0 Å². The molecule has 0 spiro atoms. The average molecular weight is 293 g/mol. The molecule has 1 heterocycles. The fraction of sp³-hybridized carbons (Fsp3) is 0.706. The van der Waals surface area contributed by atoms with Gasteiger partial charge in [-0.05, 0) is 45.6 Å². The van der Waals surface area contributed by atoms with Crippen molar-refractivity contribution < 1.29 is 4.39 Å². The molecule has 0 atom stereocenters. The van der Waals surface area contributed by atoms with Crippen LogP contribution < -0.4 is 10.2 Å². The Hall–Kier alpha value is -1.16. The molecule has 118 valence electrons. The molecule has 0 unspecified atom stereocenters. The van der Waals surface area contributed by atoms with E-state index in [-0.39, 0.29) is 11.4 Å². The van der Waals surface area contributed by atoms with E-state index in [1.807, 2.05) is 11.9 Å². The van der Waals surface area contributed by atoms with Crippen molar-refractivity contribution in [3.05, 3.63) is 23.6 Å². The van der Waals surface area contributed by atoms with Gasteiger partial charge < -0.3 is 10.2 Å². The predicted octanol–water partition coefficient (Wildman–Crippen LogP) is 3.74. The molecular formula is C17H28FN3. The second kappa shape index (κ2) is 6.73. The second-order valence-corrected chi connectivity index (χ2v) is 7.24. The minimum atomic E-state index is -0.185. The molecule has 4 heteroatoms. The number of halogens is 1. The SMILES string of the molecule is CN(CC1CCCC1)c1nccc(CNC(C)(C)C)c1F. The highest BCUT2D eigenvalue weighted by atomic mass is 19.1. The molecule has 1 N–H and O–H groups in total. The highest BCUT2D eigenvalue weighted by Crippen LogP contribution is 2.27. The van der Waals surface area contributed by atoms with Gasteiger partial charge >= 0.3 is 0 Å². The van der Waals surface area contributed by atoms with Crippen LogP contribution >= 0.6 is 0 Å². The van der Waals surface area contributed by atoms with Crippen LogP contribution in [0.4, 0.5) is 10.2 Å². The molecule has 1 aliphatic rings. The van der Waals surface area contributed by atoms with Gasteiger partial charge in [-0.1, -0.05) is 12.8 Å². The Morgan fingerprint density at radius 2 is 2.00 bits per heavy atom. The average Bonchev–Trinajstić information content (AvgIpc) is 2.89. The Morgan fingerprint density at radius 3 is 2.62 bits per heavy atom. The van der Waals surface area contributed by atoms with Crippen LogP contribution in [0.2, 0.25) is 0 Å². The predicted molar refractivity (Wildman–Crippen MR) is 86.0 cm³/mol. The van der Waals surface area contributed by atoms with E-state index in [2.05, 4.69) is 31.1 Å². The lowest BCUT2D eigenvalue weighted by Gasteiger charge is -2.24. The first kappa shape index (κ1) is 16.2. The third kappa shape index (κ3) is 4.67. The first-order valence-electron chi connectivity index (χ1n) is 7.96. The number of aromatic nitrogens is 1. The van der Waals surface area contributed by atoms with Gasteiger partial charge in [-0.2, -0.15) is 0 Å². The van der Waals surface area contributed by atoms with Gasteiger partial charge in [-0.25, -0.2) is 9.37 Å². The van der Waals surface area contributed by atoms with Crippen LogP contribution in [-0.4, -0.2) is 24.1 Å². The van der Waals surface area contributed by atoms with E-state index in [1.54, 1.807) is 12.3 Å². The smallest absolute Gasteiger partial charge is 0.170 e. The molecule has 1 saturated carbocycles. The van der Waals surface area contributed by atoms with E-state index in [1.165, 1.54) is 25.7 Å². The summed E-state index contributed by atoms with van der Waals surface area (Å²) in [4.78, 5) is 6.23. The van der Waals surface area contributed by atoms with Gasteiger partial charge in [-0.15, -0.1) is 0 Å². The van der Waals surface area contributed by atoms with Gasteiger partial charge in [0.05, 0.1) is 0 Å². The normalized spacial score (nSPS) is 16.4. The van der Waals surface area contributed by atoms with E-state index in [9.17, 15) is 4.39 Å². The Kier molecular flexibility index (Phi) is 5.20. The van der Waals surface area contributed by atoms with E-state index in [0.717, 1.165) is 6.54 Å². The fourth-order valence-electron chi connectivity index (χ4n) is 2.90. The zero-order chi connectivity index (χ0) is 15.5. The van der Waals surface area contributed by atoms with Gasteiger partial charge in [0.2, 0.25) is 0 Å². The van der Waals surface area contributed by atoms with Crippen molar-refractivity contribution in [2.75, 3.05) is 18.5 Å². The van der Waals surface area contributed by atoms with E-state index < -0.39 is 0 Å². The Morgan fingerprint density at radius 1 is 1.33 bits per heavy atom. The maximum atomic E-state index is 14.6. The molecule has 21 heavy (non-hydrogen) atoms. The van der Waals surface area contributed by atoms with Crippen LogP contribution in [0.1, 0.15) is 52.0 Å². The Bertz CT molecular complexity index is 462. The van der Waals surface area contributed by atoms with Crippen molar-refractivity contribution in [3.8, 4) is 0 Å². The van der Waals surface area contributed by atoms with Gasteiger partial charge in [0.15, 0.2) is 11.6 Å². The summed E-state index contributed by atoms with van der Waals surface area (Å²) in [5, 5.41) is 3.33. The zero-order valence-corrected chi connectivity index (χ0v) is 13.7. The Labute approximate surface area is 127 Å². The molecule has 0 saturated heterocycles. The summed E-state index contributed by atoms with van der Waals surface area (Å²) < 4.78 is 14.6. The molecule has 1 aliphatic carbocycles. The van der Waals surface area contributed by atoms with Crippen molar-refractivity contribution >= 4 is 5.82 Å². The molecule has 0 aliphatic heterocycles. The highest BCUT2D eigenvalue weighted by Gasteiger charge is 2.20. The molecule has 0 bridgehead atoms. The molecule has 1 fully saturated rings. The monoisotopic (exact) mass is 293 g/mol. The summed E-state index contributed by atoms with van der Waals surface area (Å²) in [5.41, 5.74) is 0.666. The standard InChI is InChI=1S/C17H28FN3/c1-17(2,3)20-11-14-9-10-19-16(15(14)18)21(4)12-13-7-5-6-8-13/h9-10,13,20H,5-8,11-12H2,1-4H3. The topological polar surface area (TPSA) is 28.2 Å². The highest BCUT2D eigenvalue weighted by molar-refractivity contribution is 5.42. The first-order chi connectivity index (χ1) is 9.87. The van der Waals surface area contributed by atoms with Crippen molar-refractivity contribution in [2.45, 2.75) is 58.5 Å². The minimum absolute atomic E-state index is 0.0222. The van der Waals surface area contributed by atoms with Crippen LogP contribution in [-0.2, 0) is 6.54 Å². The summed E-state index contributed by atoms with van der Waals surface area (Å²) in [6.07, 6.45) is 6.85. The third-order valence-electron chi connectivity index (χ3n) is 4.13. The second-order valence-electron chi connectivity index (χ2n) is 7.24. The lowest BCUT2D eigenvalue weighted by Crippen LogP contribution is -2.35. The maximum Gasteiger partial charge on any atom is 0.170 e. The van der Waals surface area contributed by atoms with Crippen LogP contribution in [0.3, 0.4) is 0 Å². The molecule has 1 aromatic heterocycles. The van der Waals surface area contributed by atoms with Crippen LogP contribution in [0.15, 0.2) is 12.3 Å². The third-order valence-corrected chi connectivity index (χ3v) is 4.13. The number of hydrogen-bond acceptors (Lipinski definition) is 3. The van der Waals surface area contributed by atoms with Gasteiger partial charge in [0.25, 0.3) is 0 Å². The summed E-state index contributed by atoms with van der Waals surface area (Å²) in [6, 6.07) is 1.76. The van der Waals surface area contributed by atoms with Crippen LogP contribution in [0.5, 0.6) is 0 Å². The molecule has 1 aromatic rings. The number of rotatable bonds is 5. The van der Waals surface area contributed by atoms with E-state index in [0.29, 0.717) is 23.8 Å². The van der Waals surface area contributed by atoms with Crippen molar-refractivity contribution in [1.29, 1.82) is 0 Å². The maximum absolute atomic E-state index is 14.6. The van der Waals surface area contributed by atoms with Crippen molar-refractivity contribution in [2.24, 2.45) is 5.92 Å². The van der Waals surface area contributed by atoms with Gasteiger partial charge in [0, 0.05) is 37.4 Å². The molecule has 2 rings (SSSR count). The summed E-state index contributed by atoms with van der Waals surface area (Å²) in [6.45, 7) is 7.68. The first-order valence-corrected chi connectivity index (χ1v) is 7.96. The lowest BCUT2D eigenvalue weighted by atomic mass is 10.1. The molecule has 0 amide bonds. The number of anilines is 1. The van der Waals surface area contributed by atoms with Gasteiger partial charge in [-0.3, -0.25) is 0 Å². The van der Waals surface area contributed by atoms with E-state index >= 15 is 0 Å². The molecule has 0 radical (unpaired) electrons. The number of nitrogens with zero attached hydrogens (tertiary/aromatic N) is 2. The van der Waals surface area contributed by atoms with Crippen molar-refractivity contribution in [1.82, 2.24) is 10.3 Å². The Balaban J connectivity index is 2.05. The quantitative estimate of drug-likeness (QED) is 0.896. The largest absolute Gasteiger partial charge is 0.357 e. The number of pyridine rings is 1. The lowest BCUT2D eigenvalue weighted by molar-refractivity contribution is 0.418.